The maximum Gasteiger partial charge on any atom is 0.264 e. The molecule has 5 nitrogen and oxygen atoms in total. The second-order valence-corrected chi connectivity index (χ2v) is 7.85. The highest BCUT2D eigenvalue weighted by atomic mass is 35.5. The monoisotopic (exact) mass is 416 g/mol. The van der Waals surface area contributed by atoms with E-state index in [1.807, 2.05) is 12.1 Å². The van der Waals surface area contributed by atoms with E-state index in [0.29, 0.717) is 25.2 Å². The van der Waals surface area contributed by atoms with Gasteiger partial charge in [0.05, 0.1) is 4.91 Å². The van der Waals surface area contributed by atoms with E-state index in [9.17, 15) is 9.18 Å². The van der Waals surface area contributed by atoms with Crippen molar-refractivity contribution in [2.75, 3.05) is 0 Å². The summed E-state index contributed by atoms with van der Waals surface area (Å²) < 4.78 is 13.0. The predicted octanol–water partition coefficient (Wildman–Crippen LogP) is 4.89. The van der Waals surface area contributed by atoms with Gasteiger partial charge in [0.15, 0.2) is 5.17 Å². The molecule has 0 saturated carbocycles. The van der Waals surface area contributed by atoms with Crippen LogP contribution in [0.5, 0.6) is 0 Å². The molecule has 0 bridgehead atoms. The van der Waals surface area contributed by atoms with Gasteiger partial charge in [0.25, 0.3) is 5.91 Å². The Morgan fingerprint density at radius 1 is 1.07 bits per heavy atom. The van der Waals surface area contributed by atoms with Crippen molar-refractivity contribution in [2.24, 2.45) is 4.99 Å². The quantitative estimate of drug-likeness (QED) is 0.617. The number of nitrogens with one attached hydrogen (secondary N) is 1. The van der Waals surface area contributed by atoms with E-state index in [2.05, 4.69) is 20.5 Å². The molecule has 1 saturated heterocycles. The van der Waals surface area contributed by atoms with Crippen LogP contribution >= 0.6 is 34.7 Å². The zero-order valence-corrected chi connectivity index (χ0v) is 15.9. The normalized spacial score (nSPS) is 16.9. The Bertz CT molecular complexity index is 1060. The van der Waals surface area contributed by atoms with Gasteiger partial charge in [0.2, 0.25) is 5.13 Å². The molecule has 0 atom stereocenters. The number of aliphatic imine (C=N–C) groups is 1. The summed E-state index contributed by atoms with van der Waals surface area (Å²) in [5, 5.41) is 13.1. The van der Waals surface area contributed by atoms with Crippen LogP contribution in [0.4, 0.5) is 9.52 Å². The van der Waals surface area contributed by atoms with E-state index in [1.165, 1.54) is 35.2 Å². The van der Waals surface area contributed by atoms with Crippen LogP contribution in [0.1, 0.15) is 5.56 Å². The molecule has 1 aromatic heterocycles. The lowest BCUT2D eigenvalue weighted by molar-refractivity contribution is -0.115. The number of aromatic nitrogens is 2. The lowest BCUT2D eigenvalue weighted by Crippen LogP contribution is -2.19. The molecule has 1 N–H and O–H groups in total. The average Bonchev–Trinajstić information content (AvgIpc) is 3.25. The van der Waals surface area contributed by atoms with Crippen LogP contribution in [-0.2, 0) is 4.79 Å². The van der Waals surface area contributed by atoms with Crippen LogP contribution in [0.15, 0.2) is 58.4 Å². The molecule has 2 heterocycles. The number of benzene rings is 2. The van der Waals surface area contributed by atoms with Gasteiger partial charge in [-0.3, -0.25) is 4.79 Å². The van der Waals surface area contributed by atoms with Crippen molar-refractivity contribution < 1.29 is 9.18 Å². The molecule has 1 aliphatic rings. The molecule has 1 amide bonds. The molecule has 0 unspecified atom stereocenters. The van der Waals surface area contributed by atoms with E-state index in [0.717, 1.165) is 11.1 Å². The van der Waals surface area contributed by atoms with Crippen LogP contribution in [-0.4, -0.2) is 21.3 Å². The van der Waals surface area contributed by atoms with Crippen LogP contribution in [0, 0.1) is 5.82 Å². The highest BCUT2D eigenvalue weighted by Crippen LogP contribution is 2.32. The Morgan fingerprint density at radius 3 is 2.56 bits per heavy atom. The minimum absolute atomic E-state index is 0.259. The Balaban J connectivity index is 1.53. The Morgan fingerprint density at radius 2 is 1.81 bits per heavy atom. The summed E-state index contributed by atoms with van der Waals surface area (Å²) in [7, 11) is 0. The van der Waals surface area contributed by atoms with Crippen LogP contribution in [0.2, 0.25) is 5.02 Å². The van der Waals surface area contributed by atoms with Crippen LogP contribution < -0.4 is 5.32 Å². The van der Waals surface area contributed by atoms with Crippen LogP contribution in [0.25, 0.3) is 16.6 Å². The van der Waals surface area contributed by atoms with E-state index >= 15 is 0 Å². The highest BCUT2D eigenvalue weighted by molar-refractivity contribution is 8.18. The summed E-state index contributed by atoms with van der Waals surface area (Å²) in [6, 6.07) is 13.2. The second-order valence-electron chi connectivity index (χ2n) is 5.43. The lowest BCUT2D eigenvalue weighted by atomic mass is 10.2. The van der Waals surface area contributed by atoms with Crippen molar-refractivity contribution in [3.05, 3.63) is 69.8 Å². The van der Waals surface area contributed by atoms with Gasteiger partial charge >= 0.3 is 0 Å². The molecule has 27 heavy (non-hydrogen) atoms. The number of rotatable bonds is 3. The molecular formula is C18H10ClFN4OS2. The maximum absolute atomic E-state index is 13.0. The van der Waals surface area contributed by atoms with Crippen molar-refractivity contribution in [3.63, 3.8) is 0 Å². The largest absolute Gasteiger partial charge is 0.300 e. The van der Waals surface area contributed by atoms with Gasteiger partial charge in [0.1, 0.15) is 10.8 Å². The summed E-state index contributed by atoms with van der Waals surface area (Å²) in [6.45, 7) is 0. The number of carbonyl (C=O) groups is 1. The molecule has 9 heteroatoms. The Hall–Kier alpha value is -2.55. The van der Waals surface area contributed by atoms with E-state index in [-0.39, 0.29) is 11.7 Å². The number of amides is 1. The Kier molecular flexibility index (Phi) is 5.02. The minimum Gasteiger partial charge on any atom is -0.300 e. The maximum atomic E-state index is 13.0. The first-order chi connectivity index (χ1) is 13.1. The topological polar surface area (TPSA) is 67.2 Å². The summed E-state index contributed by atoms with van der Waals surface area (Å²) >= 11 is 8.40. The SMILES string of the molecule is O=C1N/C(=N\c2nnc(-c3ccc(Cl)cc3)s2)S/C1=C\c1ccc(F)cc1. The van der Waals surface area contributed by atoms with Gasteiger partial charge in [-0.2, -0.15) is 4.99 Å². The molecule has 134 valence electrons. The van der Waals surface area contributed by atoms with E-state index < -0.39 is 0 Å². The number of hydrogen-bond acceptors (Lipinski definition) is 6. The number of carbonyl (C=O) groups excluding carboxylic acids is 1. The van der Waals surface area contributed by atoms with Crippen molar-refractivity contribution >= 4 is 57.0 Å². The molecule has 4 rings (SSSR count). The first kappa shape index (κ1) is 17.8. The molecule has 0 spiro atoms. The Labute approximate surface area is 167 Å². The van der Waals surface area contributed by atoms with Crippen LogP contribution in [0.3, 0.4) is 0 Å². The molecule has 1 aliphatic heterocycles. The summed E-state index contributed by atoms with van der Waals surface area (Å²) in [6.07, 6.45) is 1.68. The van der Waals surface area contributed by atoms with Gasteiger partial charge in [-0.25, -0.2) is 4.39 Å². The predicted molar refractivity (Wildman–Crippen MR) is 108 cm³/mol. The first-order valence-electron chi connectivity index (χ1n) is 7.71. The zero-order valence-electron chi connectivity index (χ0n) is 13.5. The minimum atomic E-state index is -0.323. The van der Waals surface area contributed by atoms with Gasteiger partial charge in [-0.15, -0.1) is 10.2 Å². The molecule has 3 aromatic rings. The van der Waals surface area contributed by atoms with E-state index in [4.69, 9.17) is 11.6 Å². The first-order valence-corrected chi connectivity index (χ1v) is 9.72. The smallest absolute Gasteiger partial charge is 0.264 e. The summed E-state index contributed by atoms with van der Waals surface area (Å²) in [4.78, 5) is 16.9. The molecule has 1 fully saturated rings. The standard InChI is InChI=1S/C18H10ClFN4OS2/c19-12-5-3-11(4-6-12)16-23-24-18(27-16)22-17-21-15(25)14(26-17)9-10-1-7-13(20)8-2-10/h1-9H,(H,21,22,24,25)/b14-9-. The van der Waals surface area contributed by atoms with Crippen molar-refractivity contribution in [2.45, 2.75) is 0 Å². The van der Waals surface area contributed by atoms with Crippen molar-refractivity contribution in [3.8, 4) is 10.6 Å². The van der Waals surface area contributed by atoms with Crippen molar-refractivity contribution in [1.29, 1.82) is 0 Å². The third-order valence-electron chi connectivity index (χ3n) is 3.52. The van der Waals surface area contributed by atoms with Gasteiger partial charge in [-0.05, 0) is 47.7 Å². The summed E-state index contributed by atoms with van der Waals surface area (Å²) in [5.41, 5.74) is 1.62. The third kappa shape index (κ3) is 4.24. The van der Waals surface area contributed by atoms with Gasteiger partial charge < -0.3 is 5.32 Å². The number of halogens is 2. The molecule has 2 aromatic carbocycles. The average molecular weight is 417 g/mol. The fraction of sp³-hybridized carbons (Fsp3) is 0. The third-order valence-corrected chi connectivity index (χ3v) is 5.55. The molecule has 0 radical (unpaired) electrons. The molecular weight excluding hydrogens is 407 g/mol. The summed E-state index contributed by atoms with van der Waals surface area (Å²) in [5.74, 6) is -0.582. The number of hydrogen-bond donors (Lipinski definition) is 1. The highest BCUT2D eigenvalue weighted by Gasteiger charge is 2.24. The van der Waals surface area contributed by atoms with Gasteiger partial charge in [-0.1, -0.05) is 47.2 Å². The van der Waals surface area contributed by atoms with E-state index in [1.54, 1.807) is 30.3 Å². The fourth-order valence-corrected chi connectivity index (χ4v) is 3.98. The second kappa shape index (κ2) is 7.59. The lowest BCUT2D eigenvalue weighted by Gasteiger charge is -1.94. The van der Waals surface area contributed by atoms with Gasteiger partial charge in [0, 0.05) is 10.6 Å². The van der Waals surface area contributed by atoms with Crippen molar-refractivity contribution in [1.82, 2.24) is 15.5 Å². The number of amidine groups is 1. The zero-order chi connectivity index (χ0) is 18.8. The molecule has 0 aliphatic carbocycles. The number of thioether (sulfide) groups is 1. The fourth-order valence-electron chi connectivity index (χ4n) is 2.25. The number of nitrogens with zero attached hydrogens (tertiary/aromatic N) is 3.